The molecule has 1 aromatic rings. The van der Waals surface area contributed by atoms with E-state index in [1.807, 2.05) is 0 Å². The fourth-order valence-electron chi connectivity index (χ4n) is 1.38. The fourth-order valence-corrected chi connectivity index (χ4v) is 1.38. The van der Waals surface area contributed by atoms with Crippen LogP contribution in [0.3, 0.4) is 0 Å². The SMILES string of the molecule is CCCCCN(C)C(=O)c1cncc(N)n1. The van der Waals surface area contributed by atoms with E-state index >= 15 is 0 Å². The number of unbranched alkanes of at least 4 members (excludes halogenated alkanes) is 2. The van der Waals surface area contributed by atoms with Crippen LogP contribution in [0, 0.1) is 0 Å². The lowest BCUT2D eigenvalue weighted by molar-refractivity contribution is 0.0786. The summed E-state index contributed by atoms with van der Waals surface area (Å²) in [7, 11) is 1.77. The quantitative estimate of drug-likeness (QED) is 0.763. The third kappa shape index (κ3) is 3.49. The van der Waals surface area contributed by atoms with Crippen LogP contribution in [-0.4, -0.2) is 34.4 Å². The lowest BCUT2D eigenvalue weighted by Gasteiger charge is -2.16. The molecule has 0 aliphatic carbocycles. The average molecular weight is 222 g/mol. The molecule has 0 spiro atoms. The zero-order chi connectivity index (χ0) is 12.0. The Hall–Kier alpha value is -1.65. The summed E-state index contributed by atoms with van der Waals surface area (Å²) >= 11 is 0. The highest BCUT2D eigenvalue weighted by Crippen LogP contribution is 2.03. The first-order chi connectivity index (χ1) is 7.65. The summed E-state index contributed by atoms with van der Waals surface area (Å²) in [5.74, 6) is 0.142. The highest BCUT2D eigenvalue weighted by Gasteiger charge is 2.12. The highest BCUT2D eigenvalue weighted by molar-refractivity contribution is 5.92. The first-order valence-electron chi connectivity index (χ1n) is 5.48. The predicted octanol–water partition coefficient (Wildman–Crippen LogP) is 1.32. The van der Waals surface area contributed by atoms with Crippen molar-refractivity contribution in [2.75, 3.05) is 19.3 Å². The number of hydrogen-bond donors (Lipinski definition) is 1. The molecule has 16 heavy (non-hydrogen) atoms. The van der Waals surface area contributed by atoms with Crippen molar-refractivity contribution in [1.29, 1.82) is 0 Å². The van der Waals surface area contributed by atoms with Gasteiger partial charge < -0.3 is 10.6 Å². The van der Waals surface area contributed by atoms with E-state index in [0.29, 0.717) is 5.69 Å². The smallest absolute Gasteiger partial charge is 0.273 e. The number of aromatic nitrogens is 2. The van der Waals surface area contributed by atoms with Gasteiger partial charge in [-0.1, -0.05) is 19.8 Å². The minimum atomic E-state index is -0.129. The summed E-state index contributed by atoms with van der Waals surface area (Å²) in [5, 5.41) is 0. The normalized spacial score (nSPS) is 10.1. The fraction of sp³-hybridized carbons (Fsp3) is 0.545. The lowest BCUT2D eigenvalue weighted by Crippen LogP contribution is -2.28. The van der Waals surface area contributed by atoms with Gasteiger partial charge in [-0.15, -0.1) is 0 Å². The van der Waals surface area contributed by atoms with Crippen molar-refractivity contribution in [1.82, 2.24) is 14.9 Å². The first-order valence-corrected chi connectivity index (χ1v) is 5.48. The van der Waals surface area contributed by atoms with Crippen LogP contribution < -0.4 is 5.73 Å². The van der Waals surface area contributed by atoms with Gasteiger partial charge in [0.2, 0.25) is 0 Å². The summed E-state index contributed by atoms with van der Waals surface area (Å²) in [6.45, 7) is 2.87. The van der Waals surface area contributed by atoms with E-state index in [-0.39, 0.29) is 11.7 Å². The molecule has 0 aromatic carbocycles. The summed E-state index contributed by atoms with van der Waals surface area (Å²) in [6.07, 6.45) is 6.14. The van der Waals surface area contributed by atoms with Crippen molar-refractivity contribution in [3.63, 3.8) is 0 Å². The van der Waals surface area contributed by atoms with Crippen molar-refractivity contribution in [2.45, 2.75) is 26.2 Å². The highest BCUT2D eigenvalue weighted by atomic mass is 16.2. The summed E-state index contributed by atoms with van der Waals surface area (Å²) in [4.78, 5) is 21.3. The molecule has 0 bridgehead atoms. The molecule has 1 aromatic heterocycles. The van der Waals surface area contributed by atoms with Gasteiger partial charge in [0.05, 0.1) is 12.4 Å². The van der Waals surface area contributed by atoms with Gasteiger partial charge in [-0.05, 0) is 6.42 Å². The maximum Gasteiger partial charge on any atom is 0.273 e. The van der Waals surface area contributed by atoms with Gasteiger partial charge in [-0.3, -0.25) is 9.78 Å². The molecular formula is C11H18N4O. The van der Waals surface area contributed by atoms with Gasteiger partial charge in [0.15, 0.2) is 0 Å². The van der Waals surface area contributed by atoms with Crippen LogP contribution in [0.25, 0.3) is 0 Å². The van der Waals surface area contributed by atoms with Crippen LogP contribution in [0.1, 0.15) is 36.7 Å². The summed E-state index contributed by atoms with van der Waals surface area (Å²) < 4.78 is 0. The molecule has 1 amide bonds. The van der Waals surface area contributed by atoms with E-state index in [0.717, 1.165) is 25.8 Å². The number of nitrogens with two attached hydrogens (primary N) is 1. The number of anilines is 1. The Morgan fingerprint density at radius 3 is 2.81 bits per heavy atom. The average Bonchev–Trinajstić information content (AvgIpc) is 2.28. The predicted molar refractivity (Wildman–Crippen MR) is 62.9 cm³/mol. The van der Waals surface area contributed by atoms with Crippen molar-refractivity contribution in [3.05, 3.63) is 18.1 Å². The Labute approximate surface area is 95.7 Å². The molecule has 0 saturated carbocycles. The van der Waals surface area contributed by atoms with Gasteiger partial charge in [0.25, 0.3) is 5.91 Å². The number of carbonyl (C=O) groups excluding carboxylic acids is 1. The molecule has 0 fully saturated rings. The maximum atomic E-state index is 11.9. The second-order valence-corrected chi connectivity index (χ2v) is 3.76. The van der Waals surface area contributed by atoms with E-state index in [9.17, 15) is 4.79 Å². The molecule has 1 rings (SSSR count). The summed E-state index contributed by atoms with van der Waals surface area (Å²) in [6, 6.07) is 0. The van der Waals surface area contributed by atoms with Gasteiger partial charge in [-0.25, -0.2) is 4.98 Å². The van der Waals surface area contributed by atoms with E-state index in [2.05, 4.69) is 16.9 Å². The molecule has 2 N–H and O–H groups in total. The van der Waals surface area contributed by atoms with Crippen LogP contribution >= 0.6 is 0 Å². The number of nitrogens with zero attached hydrogens (tertiary/aromatic N) is 3. The second-order valence-electron chi connectivity index (χ2n) is 3.76. The molecule has 0 unspecified atom stereocenters. The second kappa shape index (κ2) is 6.05. The topological polar surface area (TPSA) is 72.1 Å². The molecule has 5 heteroatoms. The van der Waals surface area contributed by atoms with E-state index < -0.39 is 0 Å². The van der Waals surface area contributed by atoms with Gasteiger partial charge >= 0.3 is 0 Å². The van der Waals surface area contributed by atoms with Crippen LogP contribution in [0.5, 0.6) is 0 Å². The Kier molecular flexibility index (Phi) is 4.69. The van der Waals surface area contributed by atoms with E-state index in [1.165, 1.54) is 12.4 Å². The van der Waals surface area contributed by atoms with E-state index in [4.69, 9.17) is 5.73 Å². The molecule has 0 aliphatic heterocycles. The number of rotatable bonds is 5. The van der Waals surface area contributed by atoms with Crippen molar-refractivity contribution in [2.24, 2.45) is 0 Å². The van der Waals surface area contributed by atoms with Gasteiger partial charge in [0, 0.05) is 13.6 Å². The first kappa shape index (κ1) is 12.4. The molecule has 88 valence electrons. The van der Waals surface area contributed by atoms with Gasteiger partial charge in [0.1, 0.15) is 11.5 Å². The molecule has 0 aliphatic rings. The molecule has 0 saturated heterocycles. The molecular weight excluding hydrogens is 204 g/mol. The third-order valence-corrected chi connectivity index (χ3v) is 2.32. The minimum absolute atomic E-state index is 0.129. The number of amides is 1. The number of carbonyl (C=O) groups is 1. The van der Waals surface area contributed by atoms with Crippen LogP contribution in [0.4, 0.5) is 5.82 Å². The minimum Gasteiger partial charge on any atom is -0.382 e. The molecule has 0 radical (unpaired) electrons. The Morgan fingerprint density at radius 2 is 2.19 bits per heavy atom. The van der Waals surface area contributed by atoms with E-state index in [1.54, 1.807) is 11.9 Å². The van der Waals surface area contributed by atoms with Crippen molar-refractivity contribution >= 4 is 11.7 Å². The van der Waals surface area contributed by atoms with Crippen LogP contribution in [-0.2, 0) is 0 Å². The largest absolute Gasteiger partial charge is 0.382 e. The van der Waals surface area contributed by atoms with Crippen molar-refractivity contribution < 1.29 is 4.79 Å². The molecule has 5 nitrogen and oxygen atoms in total. The molecule has 0 atom stereocenters. The summed E-state index contributed by atoms with van der Waals surface area (Å²) in [5.41, 5.74) is 5.78. The monoisotopic (exact) mass is 222 g/mol. The Morgan fingerprint density at radius 1 is 1.44 bits per heavy atom. The number of hydrogen-bond acceptors (Lipinski definition) is 4. The molecule has 1 heterocycles. The zero-order valence-electron chi connectivity index (χ0n) is 9.81. The zero-order valence-corrected chi connectivity index (χ0v) is 9.81. The van der Waals surface area contributed by atoms with Crippen molar-refractivity contribution in [3.8, 4) is 0 Å². The number of nitrogen functional groups attached to an aromatic ring is 1. The maximum absolute atomic E-state index is 11.9. The lowest BCUT2D eigenvalue weighted by atomic mass is 10.2. The third-order valence-electron chi connectivity index (χ3n) is 2.32. The Balaban J connectivity index is 2.56. The van der Waals surface area contributed by atoms with Gasteiger partial charge in [-0.2, -0.15) is 0 Å². The Bertz CT molecular complexity index is 354. The van der Waals surface area contributed by atoms with Crippen LogP contribution in [0.15, 0.2) is 12.4 Å². The standard InChI is InChI=1S/C11H18N4O/c1-3-4-5-6-15(2)11(16)9-7-13-8-10(12)14-9/h7-8H,3-6H2,1-2H3,(H2,12,14). The van der Waals surface area contributed by atoms with Crippen LogP contribution in [0.2, 0.25) is 0 Å².